The van der Waals surface area contributed by atoms with Crippen LogP contribution in [0.15, 0.2) is 24.3 Å². The van der Waals surface area contributed by atoms with Crippen molar-refractivity contribution in [1.82, 2.24) is 4.98 Å². The van der Waals surface area contributed by atoms with Crippen LogP contribution >= 0.6 is 0 Å². The van der Waals surface area contributed by atoms with Crippen molar-refractivity contribution in [3.05, 3.63) is 30.0 Å². The van der Waals surface area contributed by atoms with Crippen LogP contribution in [0.1, 0.15) is 18.2 Å². The second-order valence-corrected chi connectivity index (χ2v) is 3.56. The summed E-state index contributed by atoms with van der Waals surface area (Å²) in [5, 5.41) is 19.2. The van der Waals surface area contributed by atoms with Crippen LogP contribution in [0.2, 0.25) is 0 Å². The summed E-state index contributed by atoms with van der Waals surface area (Å²) in [6.45, 7) is 0. The summed E-state index contributed by atoms with van der Waals surface area (Å²) >= 11 is 0. The van der Waals surface area contributed by atoms with Gasteiger partial charge in [0.2, 0.25) is 0 Å². The zero-order valence-electron chi connectivity index (χ0n) is 8.90. The molecule has 2 aromatic rings. The lowest BCUT2D eigenvalue weighted by Crippen LogP contribution is -1.95. The first-order valence-electron chi connectivity index (χ1n) is 4.96. The van der Waals surface area contributed by atoms with Gasteiger partial charge < -0.3 is 14.8 Å². The number of aliphatic hydroxyl groups excluding tert-OH is 1. The van der Waals surface area contributed by atoms with Crippen molar-refractivity contribution in [2.24, 2.45) is 0 Å². The lowest BCUT2D eigenvalue weighted by molar-refractivity contribution is 0.179. The first kappa shape index (κ1) is 10.5. The van der Waals surface area contributed by atoms with Crippen LogP contribution in [0.25, 0.3) is 10.9 Å². The van der Waals surface area contributed by atoms with E-state index >= 15 is 0 Å². The molecule has 0 aliphatic rings. The molecule has 1 unspecified atom stereocenters. The maximum absolute atomic E-state index is 9.66. The molecular formula is C12H12N2O2. The monoisotopic (exact) mass is 216 g/mol. The van der Waals surface area contributed by atoms with Crippen molar-refractivity contribution in [3.8, 4) is 11.8 Å². The summed E-state index contributed by atoms with van der Waals surface area (Å²) in [5.41, 5.74) is 1.55. The van der Waals surface area contributed by atoms with Crippen molar-refractivity contribution in [2.45, 2.75) is 12.5 Å². The van der Waals surface area contributed by atoms with E-state index in [9.17, 15) is 5.11 Å². The lowest BCUT2D eigenvalue weighted by Gasteiger charge is -2.01. The quantitative estimate of drug-likeness (QED) is 0.825. The first-order valence-corrected chi connectivity index (χ1v) is 4.96. The van der Waals surface area contributed by atoms with Crippen LogP contribution in [0, 0.1) is 11.3 Å². The normalized spacial score (nSPS) is 12.3. The molecule has 0 aliphatic heterocycles. The molecule has 2 rings (SSSR count). The van der Waals surface area contributed by atoms with Gasteiger partial charge in [-0.3, -0.25) is 0 Å². The predicted octanol–water partition coefficient (Wildman–Crippen LogP) is 2.12. The van der Waals surface area contributed by atoms with Crippen molar-refractivity contribution >= 4 is 10.9 Å². The third-order valence-corrected chi connectivity index (χ3v) is 2.49. The minimum Gasteiger partial charge on any atom is -0.497 e. The summed E-state index contributed by atoms with van der Waals surface area (Å²) in [6.07, 6.45) is -0.673. The van der Waals surface area contributed by atoms with Crippen LogP contribution in [-0.2, 0) is 0 Å². The fraction of sp³-hybridized carbons (Fsp3) is 0.250. The molecule has 82 valence electrons. The fourth-order valence-electron chi connectivity index (χ4n) is 1.63. The molecular weight excluding hydrogens is 204 g/mol. The molecule has 1 aromatic carbocycles. The van der Waals surface area contributed by atoms with E-state index in [1.165, 1.54) is 0 Å². The van der Waals surface area contributed by atoms with Crippen molar-refractivity contribution < 1.29 is 9.84 Å². The van der Waals surface area contributed by atoms with E-state index in [1.807, 2.05) is 30.3 Å². The van der Waals surface area contributed by atoms with Gasteiger partial charge in [-0.2, -0.15) is 5.26 Å². The molecule has 0 fully saturated rings. The number of aromatic nitrogens is 1. The summed E-state index contributed by atoms with van der Waals surface area (Å²) in [5.74, 6) is 0.760. The SMILES string of the molecule is COc1ccc2cc(C(O)CC#N)[nH]c2c1. The second kappa shape index (κ2) is 4.25. The van der Waals surface area contributed by atoms with Gasteiger partial charge in [0.25, 0.3) is 0 Å². The molecule has 0 radical (unpaired) electrons. The van der Waals surface area contributed by atoms with Crippen LogP contribution in [-0.4, -0.2) is 17.2 Å². The summed E-state index contributed by atoms with van der Waals surface area (Å²) in [6, 6.07) is 9.41. The largest absolute Gasteiger partial charge is 0.497 e. The van der Waals surface area contributed by atoms with Crippen molar-refractivity contribution in [2.75, 3.05) is 7.11 Å². The Morgan fingerprint density at radius 1 is 1.50 bits per heavy atom. The molecule has 1 atom stereocenters. The maximum atomic E-state index is 9.66. The van der Waals surface area contributed by atoms with Crippen LogP contribution < -0.4 is 4.74 Å². The van der Waals surface area contributed by atoms with Crippen LogP contribution in [0.3, 0.4) is 0 Å². The van der Waals surface area contributed by atoms with Crippen molar-refractivity contribution in [1.29, 1.82) is 5.26 Å². The Balaban J connectivity index is 2.40. The first-order chi connectivity index (χ1) is 7.74. The van der Waals surface area contributed by atoms with Gasteiger partial charge in [-0.1, -0.05) is 0 Å². The number of fused-ring (bicyclic) bond motifs is 1. The number of rotatable bonds is 3. The minimum atomic E-state index is -0.761. The van der Waals surface area contributed by atoms with Gasteiger partial charge in [-0.25, -0.2) is 0 Å². The lowest BCUT2D eigenvalue weighted by atomic mass is 10.2. The smallest absolute Gasteiger partial charge is 0.120 e. The summed E-state index contributed by atoms with van der Waals surface area (Å²) < 4.78 is 5.10. The van der Waals surface area contributed by atoms with Gasteiger partial charge in [0.15, 0.2) is 0 Å². The minimum absolute atomic E-state index is 0.0873. The zero-order valence-corrected chi connectivity index (χ0v) is 8.90. The van der Waals surface area contributed by atoms with E-state index in [1.54, 1.807) is 7.11 Å². The average Bonchev–Trinajstić information content (AvgIpc) is 2.71. The number of methoxy groups -OCH3 is 1. The van der Waals surface area contributed by atoms with E-state index in [-0.39, 0.29) is 6.42 Å². The number of aromatic amines is 1. The van der Waals surface area contributed by atoms with Gasteiger partial charge >= 0.3 is 0 Å². The molecule has 0 amide bonds. The zero-order chi connectivity index (χ0) is 11.5. The highest BCUT2D eigenvalue weighted by atomic mass is 16.5. The van der Waals surface area contributed by atoms with E-state index < -0.39 is 6.10 Å². The molecule has 0 spiro atoms. The highest BCUT2D eigenvalue weighted by molar-refractivity contribution is 5.81. The van der Waals surface area contributed by atoms with Crippen LogP contribution in [0.4, 0.5) is 0 Å². The van der Waals surface area contributed by atoms with Gasteiger partial charge in [0.05, 0.1) is 19.6 Å². The van der Waals surface area contributed by atoms with Crippen molar-refractivity contribution in [3.63, 3.8) is 0 Å². The Kier molecular flexibility index (Phi) is 2.80. The maximum Gasteiger partial charge on any atom is 0.120 e. The molecule has 0 saturated carbocycles. The molecule has 0 aliphatic carbocycles. The Bertz CT molecular complexity index is 539. The standard InChI is InChI=1S/C12H12N2O2/c1-16-9-3-2-8-6-11(12(15)4-5-13)14-10(8)7-9/h2-3,6-7,12,14-15H,4H2,1H3. The van der Waals surface area contributed by atoms with E-state index in [0.717, 1.165) is 16.7 Å². The molecule has 4 nitrogen and oxygen atoms in total. The average molecular weight is 216 g/mol. The number of ether oxygens (including phenoxy) is 1. The third kappa shape index (κ3) is 1.86. The molecule has 1 aromatic heterocycles. The molecule has 2 N–H and O–H groups in total. The van der Waals surface area contributed by atoms with Crippen LogP contribution in [0.5, 0.6) is 5.75 Å². The number of benzene rings is 1. The summed E-state index contributed by atoms with van der Waals surface area (Å²) in [4.78, 5) is 3.07. The van der Waals surface area contributed by atoms with Gasteiger partial charge in [-0.15, -0.1) is 0 Å². The highest BCUT2D eigenvalue weighted by Crippen LogP contribution is 2.24. The second-order valence-electron chi connectivity index (χ2n) is 3.56. The Labute approximate surface area is 93.1 Å². The molecule has 16 heavy (non-hydrogen) atoms. The number of hydrogen-bond donors (Lipinski definition) is 2. The van der Waals surface area contributed by atoms with Gasteiger partial charge in [-0.05, 0) is 18.2 Å². The Hall–Kier alpha value is -1.99. The van der Waals surface area contributed by atoms with Gasteiger partial charge in [0, 0.05) is 22.7 Å². The molecule has 0 bridgehead atoms. The predicted molar refractivity (Wildman–Crippen MR) is 60.0 cm³/mol. The highest BCUT2D eigenvalue weighted by Gasteiger charge is 2.10. The topological polar surface area (TPSA) is 69.0 Å². The van der Waals surface area contributed by atoms with E-state index in [0.29, 0.717) is 5.69 Å². The number of H-pyrrole nitrogens is 1. The number of aliphatic hydroxyl groups is 1. The van der Waals surface area contributed by atoms with E-state index in [2.05, 4.69) is 4.98 Å². The number of nitrogens with one attached hydrogen (secondary N) is 1. The Morgan fingerprint density at radius 3 is 3.00 bits per heavy atom. The molecule has 0 saturated heterocycles. The van der Waals surface area contributed by atoms with E-state index in [4.69, 9.17) is 10.00 Å². The van der Waals surface area contributed by atoms with Gasteiger partial charge in [0.1, 0.15) is 11.9 Å². The molecule has 4 heteroatoms. The molecule has 1 heterocycles. The fourth-order valence-corrected chi connectivity index (χ4v) is 1.63. The number of nitriles is 1. The summed E-state index contributed by atoms with van der Waals surface area (Å²) in [7, 11) is 1.61. The Morgan fingerprint density at radius 2 is 2.31 bits per heavy atom. The number of nitrogens with zero attached hydrogens (tertiary/aromatic N) is 1. The number of hydrogen-bond acceptors (Lipinski definition) is 3. The third-order valence-electron chi connectivity index (χ3n) is 2.49.